The van der Waals surface area contributed by atoms with Gasteiger partial charge in [0.25, 0.3) is 0 Å². The minimum absolute atomic E-state index is 0.0643. The largest absolute Gasteiger partial charge is 0.481 e. The van der Waals surface area contributed by atoms with Crippen molar-refractivity contribution in [3.8, 4) is 0 Å². The zero-order valence-corrected chi connectivity index (χ0v) is 11.8. The average molecular weight is 267 g/mol. The molecule has 4 nitrogen and oxygen atoms in total. The second-order valence-corrected chi connectivity index (χ2v) is 6.63. The standard InChI is InChI=1S/C15H25NO3/c1-14(7-5-6-8-14)13(19)16-15(11-12(17)18)9-3-2-4-10-15/h2-11H2,1H3,(H,16,19)(H,17,18). The van der Waals surface area contributed by atoms with Gasteiger partial charge < -0.3 is 10.4 Å². The smallest absolute Gasteiger partial charge is 0.305 e. The number of nitrogens with one attached hydrogen (secondary N) is 1. The van der Waals surface area contributed by atoms with Crippen molar-refractivity contribution in [1.82, 2.24) is 5.32 Å². The van der Waals surface area contributed by atoms with E-state index in [1.807, 2.05) is 6.92 Å². The van der Waals surface area contributed by atoms with Gasteiger partial charge >= 0.3 is 5.97 Å². The second kappa shape index (κ2) is 5.51. The summed E-state index contributed by atoms with van der Waals surface area (Å²) in [5, 5.41) is 12.2. The molecule has 2 N–H and O–H groups in total. The van der Waals surface area contributed by atoms with Crippen molar-refractivity contribution in [1.29, 1.82) is 0 Å². The molecule has 0 bridgehead atoms. The van der Waals surface area contributed by atoms with Crippen LogP contribution in [0.15, 0.2) is 0 Å². The molecule has 4 heteroatoms. The van der Waals surface area contributed by atoms with Gasteiger partial charge in [-0.25, -0.2) is 0 Å². The first-order chi connectivity index (χ1) is 8.96. The number of hydrogen-bond donors (Lipinski definition) is 2. The first kappa shape index (κ1) is 14.4. The average Bonchev–Trinajstić information content (AvgIpc) is 2.77. The van der Waals surface area contributed by atoms with Crippen molar-refractivity contribution in [2.24, 2.45) is 5.41 Å². The molecule has 0 spiro atoms. The lowest BCUT2D eigenvalue weighted by Crippen LogP contribution is -2.54. The zero-order chi connectivity index (χ0) is 13.9. The molecule has 1 amide bonds. The summed E-state index contributed by atoms with van der Waals surface area (Å²) in [6.07, 6.45) is 8.94. The quantitative estimate of drug-likeness (QED) is 0.823. The van der Waals surface area contributed by atoms with Crippen molar-refractivity contribution in [2.75, 3.05) is 0 Å². The Labute approximate surface area is 115 Å². The molecule has 19 heavy (non-hydrogen) atoms. The van der Waals surface area contributed by atoms with Crippen molar-refractivity contribution in [3.63, 3.8) is 0 Å². The Morgan fingerprint density at radius 3 is 2.05 bits per heavy atom. The lowest BCUT2D eigenvalue weighted by atomic mass is 9.77. The molecule has 2 saturated carbocycles. The first-order valence-corrected chi connectivity index (χ1v) is 7.50. The maximum atomic E-state index is 12.5. The fourth-order valence-corrected chi connectivity index (χ4v) is 3.64. The van der Waals surface area contributed by atoms with Crippen LogP contribution in [0.25, 0.3) is 0 Å². The van der Waals surface area contributed by atoms with Crippen LogP contribution >= 0.6 is 0 Å². The fourth-order valence-electron chi connectivity index (χ4n) is 3.64. The molecule has 108 valence electrons. The summed E-state index contributed by atoms with van der Waals surface area (Å²) < 4.78 is 0. The van der Waals surface area contributed by atoms with Gasteiger partial charge in [-0.05, 0) is 25.7 Å². The Morgan fingerprint density at radius 2 is 1.53 bits per heavy atom. The molecule has 0 aromatic carbocycles. The van der Waals surface area contributed by atoms with Crippen molar-refractivity contribution >= 4 is 11.9 Å². The highest BCUT2D eigenvalue weighted by molar-refractivity contribution is 5.84. The summed E-state index contributed by atoms with van der Waals surface area (Å²) in [7, 11) is 0. The zero-order valence-electron chi connectivity index (χ0n) is 11.8. The fraction of sp³-hybridized carbons (Fsp3) is 0.867. The normalized spacial score (nSPS) is 24.9. The van der Waals surface area contributed by atoms with E-state index in [2.05, 4.69) is 5.32 Å². The van der Waals surface area contributed by atoms with Crippen LogP contribution in [0.3, 0.4) is 0 Å². The number of rotatable bonds is 4. The molecule has 2 rings (SSSR count). The summed E-state index contributed by atoms with van der Waals surface area (Å²) >= 11 is 0. The molecule has 2 aliphatic carbocycles. The lowest BCUT2D eigenvalue weighted by Gasteiger charge is -2.39. The van der Waals surface area contributed by atoms with E-state index in [4.69, 9.17) is 5.11 Å². The second-order valence-electron chi connectivity index (χ2n) is 6.63. The molecule has 0 saturated heterocycles. The van der Waals surface area contributed by atoms with Crippen LogP contribution in [-0.4, -0.2) is 22.5 Å². The Balaban J connectivity index is 2.06. The summed E-state index contributed by atoms with van der Waals surface area (Å²) in [4.78, 5) is 23.6. The third kappa shape index (κ3) is 3.28. The lowest BCUT2D eigenvalue weighted by molar-refractivity contribution is -0.140. The molecule has 0 aromatic heterocycles. The summed E-state index contributed by atoms with van der Waals surface area (Å²) in [5.74, 6) is -0.730. The Bertz CT molecular complexity index is 352. The van der Waals surface area contributed by atoms with Crippen LogP contribution in [0.5, 0.6) is 0 Å². The molecule has 0 heterocycles. The van der Waals surface area contributed by atoms with E-state index < -0.39 is 11.5 Å². The van der Waals surface area contributed by atoms with Gasteiger partial charge in [0.2, 0.25) is 5.91 Å². The summed E-state index contributed by atoms with van der Waals surface area (Å²) in [5.41, 5.74) is -0.768. The molecule has 0 unspecified atom stereocenters. The van der Waals surface area contributed by atoms with E-state index in [-0.39, 0.29) is 17.7 Å². The van der Waals surface area contributed by atoms with Crippen molar-refractivity contribution in [2.45, 2.75) is 76.7 Å². The molecule has 2 fully saturated rings. The highest BCUT2D eigenvalue weighted by Crippen LogP contribution is 2.39. The van der Waals surface area contributed by atoms with E-state index in [0.717, 1.165) is 57.8 Å². The van der Waals surface area contributed by atoms with Crippen LogP contribution < -0.4 is 5.32 Å². The van der Waals surface area contributed by atoms with E-state index in [1.165, 1.54) is 0 Å². The van der Waals surface area contributed by atoms with Crippen LogP contribution in [0, 0.1) is 5.41 Å². The molecular formula is C15H25NO3. The summed E-state index contributed by atoms with van der Waals surface area (Å²) in [6.45, 7) is 2.02. The third-order valence-electron chi connectivity index (χ3n) is 4.93. The van der Waals surface area contributed by atoms with Gasteiger partial charge in [-0.1, -0.05) is 39.0 Å². The van der Waals surface area contributed by atoms with Crippen LogP contribution in [0.1, 0.15) is 71.1 Å². The third-order valence-corrected chi connectivity index (χ3v) is 4.93. The monoisotopic (exact) mass is 267 g/mol. The van der Waals surface area contributed by atoms with Gasteiger partial charge in [0.05, 0.1) is 12.0 Å². The number of hydrogen-bond acceptors (Lipinski definition) is 2. The number of carbonyl (C=O) groups excluding carboxylic acids is 1. The van der Waals surface area contributed by atoms with Gasteiger partial charge in [0, 0.05) is 5.41 Å². The first-order valence-electron chi connectivity index (χ1n) is 7.50. The molecular weight excluding hydrogens is 242 g/mol. The van der Waals surface area contributed by atoms with E-state index in [0.29, 0.717) is 0 Å². The van der Waals surface area contributed by atoms with Crippen molar-refractivity contribution in [3.05, 3.63) is 0 Å². The van der Waals surface area contributed by atoms with Crippen molar-refractivity contribution < 1.29 is 14.7 Å². The number of carboxylic acid groups (broad SMARTS) is 1. The minimum atomic E-state index is -0.807. The van der Waals surface area contributed by atoms with E-state index in [1.54, 1.807) is 0 Å². The van der Waals surface area contributed by atoms with Gasteiger partial charge in [-0.15, -0.1) is 0 Å². The summed E-state index contributed by atoms with van der Waals surface area (Å²) in [6, 6.07) is 0. The molecule has 0 aliphatic heterocycles. The maximum Gasteiger partial charge on any atom is 0.305 e. The van der Waals surface area contributed by atoms with Gasteiger partial charge in [-0.3, -0.25) is 9.59 Å². The van der Waals surface area contributed by atoms with Gasteiger partial charge in [-0.2, -0.15) is 0 Å². The van der Waals surface area contributed by atoms with Crippen LogP contribution in [-0.2, 0) is 9.59 Å². The molecule has 0 aromatic rings. The van der Waals surface area contributed by atoms with Gasteiger partial charge in [0.1, 0.15) is 0 Å². The number of amides is 1. The SMILES string of the molecule is CC1(C(=O)NC2(CC(=O)O)CCCCC2)CCCC1. The molecule has 2 aliphatic rings. The number of carbonyl (C=O) groups is 2. The minimum Gasteiger partial charge on any atom is -0.481 e. The Hall–Kier alpha value is -1.06. The maximum absolute atomic E-state index is 12.5. The molecule has 0 radical (unpaired) electrons. The van der Waals surface area contributed by atoms with Crippen LogP contribution in [0.2, 0.25) is 0 Å². The van der Waals surface area contributed by atoms with E-state index >= 15 is 0 Å². The number of aliphatic carboxylic acids is 1. The van der Waals surface area contributed by atoms with E-state index in [9.17, 15) is 9.59 Å². The highest BCUT2D eigenvalue weighted by Gasteiger charge is 2.42. The predicted octanol–water partition coefficient (Wildman–Crippen LogP) is 2.86. The number of carboxylic acids is 1. The Kier molecular flexibility index (Phi) is 4.16. The topological polar surface area (TPSA) is 66.4 Å². The highest BCUT2D eigenvalue weighted by atomic mass is 16.4. The Morgan fingerprint density at radius 1 is 1.00 bits per heavy atom. The molecule has 0 atom stereocenters. The van der Waals surface area contributed by atoms with Gasteiger partial charge in [0.15, 0.2) is 0 Å². The van der Waals surface area contributed by atoms with Crippen LogP contribution in [0.4, 0.5) is 0 Å². The predicted molar refractivity (Wildman–Crippen MR) is 72.8 cm³/mol.